The monoisotopic (exact) mass is 408 g/mol. The van der Waals surface area contributed by atoms with Crippen molar-refractivity contribution in [2.45, 2.75) is 12.8 Å². The highest BCUT2D eigenvalue weighted by Gasteiger charge is 2.32. The van der Waals surface area contributed by atoms with Crippen LogP contribution in [0.5, 0.6) is 0 Å². The number of nitrogens with zero attached hydrogens (tertiary/aromatic N) is 4. The van der Waals surface area contributed by atoms with Gasteiger partial charge in [-0.1, -0.05) is 0 Å². The lowest BCUT2D eigenvalue weighted by Gasteiger charge is -2.38. The largest absolute Gasteiger partial charge is 0.340 e. The average Bonchev–Trinajstić information content (AvgIpc) is 2.72. The molecule has 0 unspecified atom stereocenters. The van der Waals surface area contributed by atoms with Crippen LogP contribution in [0, 0.1) is 17.6 Å². The molecule has 8 heteroatoms. The van der Waals surface area contributed by atoms with E-state index in [0.717, 1.165) is 51.4 Å². The Labute approximate surface area is 171 Å². The molecule has 29 heavy (non-hydrogen) atoms. The number of carbonyl (C=O) groups is 2. The van der Waals surface area contributed by atoms with Crippen molar-refractivity contribution in [1.29, 1.82) is 0 Å². The highest BCUT2D eigenvalue weighted by molar-refractivity contribution is 5.94. The van der Waals surface area contributed by atoms with Crippen molar-refractivity contribution in [2.75, 3.05) is 66.5 Å². The molecule has 0 atom stereocenters. The van der Waals surface area contributed by atoms with E-state index < -0.39 is 17.5 Å². The van der Waals surface area contributed by atoms with Crippen LogP contribution in [0.25, 0.3) is 0 Å². The summed E-state index contributed by atoms with van der Waals surface area (Å²) in [6.45, 7) is 6.11. The molecule has 160 valence electrons. The van der Waals surface area contributed by atoms with Gasteiger partial charge in [-0.15, -0.1) is 0 Å². The van der Waals surface area contributed by atoms with Crippen LogP contribution < -0.4 is 0 Å². The predicted octanol–water partition coefficient (Wildman–Crippen LogP) is 1.52. The summed E-state index contributed by atoms with van der Waals surface area (Å²) in [5.41, 5.74) is -0.120. The van der Waals surface area contributed by atoms with E-state index in [1.165, 1.54) is 6.07 Å². The molecule has 2 heterocycles. The summed E-state index contributed by atoms with van der Waals surface area (Å²) in [5, 5.41) is 0. The summed E-state index contributed by atoms with van der Waals surface area (Å²) in [4.78, 5) is 33.4. The molecule has 0 radical (unpaired) electrons. The van der Waals surface area contributed by atoms with Crippen LogP contribution in [-0.4, -0.2) is 97.9 Å². The Morgan fingerprint density at radius 1 is 1.00 bits per heavy atom. The molecule has 2 fully saturated rings. The molecule has 0 aliphatic carbocycles. The smallest absolute Gasteiger partial charge is 0.256 e. The zero-order valence-electron chi connectivity index (χ0n) is 17.2. The van der Waals surface area contributed by atoms with Gasteiger partial charge in [-0.2, -0.15) is 0 Å². The molecule has 2 aliphatic heterocycles. The van der Waals surface area contributed by atoms with Crippen molar-refractivity contribution in [3.05, 3.63) is 35.4 Å². The van der Waals surface area contributed by atoms with Crippen molar-refractivity contribution in [1.82, 2.24) is 19.6 Å². The maximum atomic E-state index is 13.9. The number of piperidine rings is 1. The number of likely N-dealkylation sites (N-methyl/N-ethyl adjacent to an activating group) is 1. The Morgan fingerprint density at radius 2 is 1.66 bits per heavy atom. The number of benzene rings is 1. The molecule has 0 aromatic heterocycles. The van der Waals surface area contributed by atoms with E-state index in [1.807, 2.05) is 4.90 Å². The van der Waals surface area contributed by atoms with Crippen LogP contribution in [0.3, 0.4) is 0 Å². The quantitative estimate of drug-likeness (QED) is 0.741. The summed E-state index contributed by atoms with van der Waals surface area (Å²) in [6, 6.07) is 2.99. The second-order valence-corrected chi connectivity index (χ2v) is 8.16. The molecule has 0 bridgehead atoms. The molecule has 6 nitrogen and oxygen atoms in total. The van der Waals surface area contributed by atoms with Crippen LogP contribution in [-0.2, 0) is 4.79 Å². The highest BCUT2D eigenvalue weighted by atomic mass is 19.1. The van der Waals surface area contributed by atoms with Gasteiger partial charge in [-0.05, 0) is 39.1 Å². The van der Waals surface area contributed by atoms with Gasteiger partial charge in [0.1, 0.15) is 11.6 Å². The first kappa shape index (κ1) is 21.6. The average molecular weight is 408 g/mol. The van der Waals surface area contributed by atoms with Crippen LogP contribution in [0.4, 0.5) is 8.78 Å². The van der Waals surface area contributed by atoms with Crippen LogP contribution in [0.1, 0.15) is 23.2 Å². The van der Waals surface area contributed by atoms with E-state index >= 15 is 0 Å². The number of carbonyl (C=O) groups excluding carboxylic acids is 2. The van der Waals surface area contributed by atoms with Gasteiger partial charge >= 0.3 is 0 Å². The van der Waals surface area contributed by atoms with Crippen LogP contribution in [0.15, 0.2) is 18.2 Å². The number of piperazine rings is 1. The number of likely N-dealkylation sites (tertiary alicyclic amines) is 1. The molecule has 0 saturated carbocycles. The fourth-order valence-corrected chi connectivity index (χ4v) is 3.95. The van der Waals surface area contributed by atoms with E-state index in [1.54, 1.807) is 4.90 Å². The third-order valence-corrected chi connectivity index (χ3v) is 5.84. The summed E-state index contributed by atoms with van der Waals surface area (Å²) in [5.74, 6) is -1.92. The number of amides is 2. The molecule has 1 aromatic carbocycles. The van der Waals surface area contributed by atoms with Gasteiger partial charge in [0.2, 0.25) is 5.91 Å². The van der Waals surface area contributed by atoms with Gasteiger partial charge in [0.15, 0.2) is 0 Å². The Bertz CT molecular complexity index is 727. The summed E-state index contributed by atoms with van der Waals surface area (Å²) in [7, 11) is 4.11. The van der Waals surface area contributed by atoms with Crippen LogP contribution >= 0.6 is 0 Å². The zero-order valence-corrected chi connectivity index (χ0v) is 17.2. The van der Waals surface area contributed by atoms with Gasteiger partial charge in [0, 0.05) is 64.3 Å². The SMILES string of the molecule is CN(C)CCN1CCN(C(=O)C2CCN(C(=O)c3ccc(F)cc3F)CC2)CC1. The molecule has 2 aliphatic rings. The van der Waals surface area contributed by atoms with E-state index in [9.17, 15) is 18.4 Å². The number of hydrogen-bond acceptors (Lipinski definition) is 4. The second kappa shape index (κ2) is 9.63. The third kappa shape index (κ3) is 5.51. The Hall–Kier alpha value is -2.06. The summed E-state index contributed by atoms with van der Waals surface area (Å²) in [6.07, 6.45) is 1.16. The third-order valence-electron chi connectivity index (χ3n) is 5.84. The predicted molar refractivity (Wildman–Crippen MR) is 107 cm³/mol. The zero-order chi connectivity index (χ0) is 21.0. The van der Waals surface area contributed by atoms with Gasteiger partial charge in [-0.3, -0.25) is 14.5 Å². The minimum atomic E-state index is -0.847. The van der Waals surface area contributed by atoms with E-state index in [4.69, 9.17) is 0 Å². The lowest BCUT2D eigenvalue weighted by molar-refractivity contribution is -0.138. The first-order chi connectivity index (χ1) is 13.8. The summed E-state index contributed by atoms with van der Waals surface area (Å²) < 4.78 is 26.9. The van der Waals surface area contributed by atoms with Crippen molar-refractivity contribution in [2.24, 2.45) is 5.92 Å². The molecule has 2 saturated heterocycles. The van der Waals surface area contributed by atoms with Crippen molar-refractivity contribution < 1.29 is 18.4 Å². The minimum Gasteiger partial charge on any atom is -0.340 e. The number of halogens is 2. The molecular weight excluding hydrogens is 378 g/mol. The van der Waals surface area contributed by atoms with Gasteiger partial charge in [0.05, 0.1) is 5.56 Å². The first-order valence-corrected chi connectivity index (χ1v) is 10.3. The molecule has 0 N–H and O–H groups in total. The molecule has 1 aromatic rings. The molecule has 0 spiro atoms. The topological polar surface area (TPSA) is 47.1 Å². The van der Waals surface area contributed by atoms with E-state index in [2.05, 4.69) is 23.9 Å². The van der Waals surface area contributed by atoms with Crippen molar-refractivity contribution >= 4 is 11.8 Å². The first-order valence-electron chi connectivity index (χ1n) is 10.3. The summed E-state index contributed by atoms with van der Waals surface area (Å²) >= 11 is 0. The Morgan fingerprint density at radius 3 is 2.24 bits per heavy atom. The Kier molecular flexibility index (Phi) is 7.18. The second-order valence-electron chi connectivity index (χ2n) is 8.16. The molecule has 2 amide bonds. The lowest BCUT2D eigenvalue weighted by atomic mass is 9.94. The van der Waals surface area contributed by atoms with Gasteiger partial charge < -0.3 is 14.7 Å². The lowest BCUT2D eigenvalue weighted by Crippen LogP contribution is -2.52. The fraction of sp³-hybridized carbons (Fsp3) is 0.619. The maximum Gasteiger partial charge on any atom is 0.256 e. The van der Waals surface area contributed by atoms with Crippen LogP contribution in [0.2, 0.25) is 0 Å². The number of rotatable bonds is 5. The highest BCUT2D eigenvalue weighted by Crippen LogP contribution is 2.23. The minimum absolute atomic E-state index is 0.0922. The standard InChI is InChI=1S/C21H30F2N4O2/c1-24(2)9-10-25-11-13-27(14-12-25)20(28)16-5-7-26(8-6-16)21(29)18-4-3-17(22)15-19(18)23/h3-4,15-16H,5-14H2,1-2H3. The normalized spacial score (nSPS) is 19.1. The van der Waals surface area contributed by atoms with Gasteiger partial charge in [-0.25, -0.2) is 8.78 Å². The number of hydrogen-bond donors (Lipinski definition) is 0. The fourth-order valence-electron chi connectivity index (χ4n) is 3.95. The Balaban J connectivity index is 1.47. The molecular formula is C21H30F2N4O2. The van der Waals surface area contributed by atoms with Crippen molar-refractivity contribution in [3.8, 4) is 0 Å². The molecule has 3 rings (SSSR count). The van der Waals surface area contributed by atoms with E-state index in [-0.39, 0.29) is 17.4 Å². The van der Waals surface area contributed by atoms with Gasteiger partial charge in [0.25, 0.3) is 5.91 Å². The maximum absolute atomic E-state index is 13.9. The van der Waals surface area contributed by atoms with Crippen molar-refractivity contribution in [3.63, 3.8) is 0 Å². The van der Waals surface area contributed by atoms with E-state index in [0.29, 0.717) is 25.9 Å².